The molecule has 0 aliphatic rings. The Morgan fingerprint density at radius 2 is 2.07 bits per heavy atom. The van der Waals surface area contributed by atoms with Gasteiger partial charge >= 0.3 is 6.03 Å². The lowest BCUT2D eigenvalue weighted by atomic mass is 10.1. The molecule has 3 amide bonds. The highest BCUT2D eigenvalue weighted by Gasteiger charge is 2.15. The molecular formula is C20H17BrFN3O4. The van der Waals surface area contributed by atoms with Gasteiger partial charge in [-0.3, -0.25) is 10.1 Å². The van der Waals surface area contributed by atoms with Crippen molar-refractivity contribution in [3.8, 4) is 17.6 Å². The molecular weight excluding hydrogens is 445 g/mol. The van der Waals surface area contributed by atoms with E-state index in [9.17, 15) is 19.2 Å². The largest absolute Gasteiger partial charge is 0.490 e. The summed E-state index contributed by atoms with van der Waals surface area (Å²) in [5.74, 6) is -0.542. The van der Waals surface area contributed by atoms with Crippen molar-refractivity contribution in [1.82, 2.24) is 5.32 Å². The number of nitrogens with zero attached hydrogens (tertiary/aromatic N) is 1. The second-order valence-corrected chi connectivity index (χ2v) is 6.52. The van der Waals surface area contributed by atoms with Gasteiger partial charge < -0.3 is 15.2 Å². The first-order valence-corrected chi connectivity index (χ1v) is 9.19. The lowest BCUT2D eigenvalue weighted by Gasteiger charge is -2.15. The molecule has 0 saturated heterocycles. The monoisotopic (exact) mass is 461 g/mol. The minimum absolute atomic E-state index is 0.107. The third kappa shape index (κ3) is 6.33. The molecule has 0 spiro atoms. The maximum Gasteiger partial charge on any atom is 0.319 e. The molecule has 9 heteroatoms. The van der Waals surface area contributed by atoms with Gasteiger partial charge in [-0.05, 0) is 64.3 Å². The van der Waals surface area contributed by atoms with E-state index >= 15 is 0 Å². The Morgan fingerprint density at radius 3 is 2.69 bits per heavy atom. The Bertz CT molecular complexity index is 1000. The van der Waals surface area contributed by atoms with Crippen LogP contribution >= 0.6 is 15.9 Å². The zero-order valence-electron chi connectivity index (χ0n) is 15.4. The molecule has 29 heavy (non-hydrogen) atoms. The van der Waals surface area contributed by atoms with Crippen LogP contribution in [0.25, 0.3) is 6.08 Å². The summed E-state index contributed by atoms with van der Waals surface area (Å²) in [4.78, 5) is 22.7. The summed E-state index contributed by atoms with van der Waals surface area (Å²) < 4.78 is 25.2. The van der Waals surface area contributed by atoms with Crippen LogP contribution in [0.5, 0.6) is 11.5 Å². The number of hydrogen-bond acceptors (Lipinski definition) is 5. The van der Waals surface area contributed by atoms with Gasteiger partial charge in [0.15, 0.2) is 11.5 Å². The molecule has 2 rings (SSSR count). The van der Waals surface area contributed by atoms with E-state index < -0.39 is 11.9 Å². The lowest BCUT2D eigenvalue weighted by Crippen LogP contribution is -2.35. The van der Waals surface area contributed by atoms with E-state index in [4.69, 9.17) is 15.2 Å². The second kappa shape index (κ2) is 10.2. The van der Waals surface area contributed by atoms with Crippen LogP contribution in [0.15, 0.2) is 46.4 Å². The molecule has 0 unspecified atom stereocenters. The number of benzene rings is 2. The maximum atomic E-state index is 13.3. The van der Waals surface area contributed by atoms with Gasteiger partial charge in [0.05, 0.1) is 11.1 Å². The van der Waals surface area contributed by atoms with E-state index in [0.29, 0.717) is 33.7 Å². The average molecular weight is 462 g/mol. The Hall–Kier alpha value is -3.38. The van der Waals surface area contributed by atoms with Crippen LogP contribution in [-0.4, -0.2) is 18.5 Å². The van der Waals surface area contributed by atoms with E-state index in [0.717, 1.165) is 0 Å². The summed E-state index contributed by atoms with van der Waals surface area (Å²) in [6.45, 7) is 2.23. The molecule has 2 aromatic rings. The van der Waals surface area contributed by atoms with Crippen molar-refractivity contribution in [2.45, 2.75) is 13.5 Å². The van der Waals surface area contributed by atoms with Crippen molar-refractivity contribution in [2.75, 3.05) is 6.61 Å². The third-order valence-corrected chi connectivity index (χ3v) is 4.11. The second-order valence-electron chi connectivity index (χ2n) is 5.67. The normalized spacial score (nSPS) is 10.8. The fourth-order valence-electron chi connectivity index (χ4n) is 2.35. The molecule has 0 heterocycles. The SMILES string of the molecule is CCOc1cc(/C=C(/C#N)C(=O)NC(N)=O)cc(Br)c1OCc1cccc(F)c1. The van der Waals surface area contributed by atoms with E-state index in [2.05, 4.69) is 15.9 Å². The highest BCUT2D eigenvalue weighted by molar-refractivity contribution is 9.10. The summed E-state index contributed by atoms with van der Waals surface area (Å²) in [6.07, 6.45) is 1.28. The molecule has 7 nitrogen and oxygen atoms in total. The third-order valence-electron chi connectivity index (χ3n) is 3.52. The number of imide groups is 1. The van der Waals surface area contributed by atoms with E-state index in [1.54, 1.807) is 37.3 Å². The van der Waals surface area contributed by atoms with Crippen molar-refractivity contribution in [1.29, 1.82) is 5.26 Å². The lowest BCUT2D eigenvalue weighted by molar-refractivity contribution is -0.115. The summed E-state index contributed by atoms with van der Waals surface area (Å²) in [6, 6.07) is 9.85. The van der Waals surface area contributed by atoms with Crippen LogP contribution in [0, 0.1) is 17.1 Å². The van der Waals surface area contributed by atoms with Crippen molar-refractivity contribution in [3.05, 3.63) is 63.4 Å². The van der Waals surface area contributed by atoms with Crippen LogP contribution in [0.2, 0.25) is 0 Å². The Morgan fingerprint density at radius 1 is 1.31 bits per heavy atom. The summed E-state index contributed by atoms with van der Waals surface area (Å²) in [5.41, 5.74) is 5.68. The zero-order chi connectivity index (χ0) is 21.4. The Labute approximate surface area is 175 Å². The van der Waals surface area contributed by atoms with E-state index in [1.807, 2.05) is 5.32 Å². The minimum Gasteiger partial charge on any atom is -0.490 e. The Balaban J connectivity index is 2.33. The molecule has 0 aliphatic heterocycles. The number of nitrogens with one attached hydrogen (secondary N) is 1. The average Bonchev–Trinajstić information content (AvgIpc) is 2.65. The molecule has 0 atom stereocenters. The highest BCUT2D eigenvalue weighted by atomic mass is 79.9. The first-order chi connectivity index (χ1) is 13.8. The van der Waals surface area contributed by atoms with Crippen LogP contribution in [0.3, 0.4) is 0 Å². The quantitative estimate of drug-likeness (QED) is 0.482. The van der Waals surface area contributed by atoms with Gasteiger partial charge in [-0.2, -0.15) is 5.26 Å². The molecule has 0 bridgehead atoms. The molecule has 150 valence electrons. The number of ether oxygens (including phenoxy) is 2. The number of carbonyl (C=O) groups is 2. The summed E-state index contributed by atoms with van der Waals surface area (Å²) in [7, 11) is 0. The Kier molecular flexibility index (Phi) is 7.74. The van der Waals surface area contributed by atoms with Gasteiger partial charge in [0.25, 0.3) is 5.91 Å². The van der Waals surface area contributed by atoms with Gasteiger partial charge in [-0.15, -0.1) is 0 Å². The summed E-state index contributed by atoms with van der Waals surface area (Å²) >= 11 is 3.38. The number of carbonyl (C=O) groups excluding carboxylic acids is 2. The molecule has 0 aliphatic carbocycles. The van der Waals surface area contributed by atoms with Crippen LogP contribution in [0.4, 0.5) is 9.18 Å². The standard InChI is InChI=1S/C20H17BrFN3O4/c1-2-28-17-9-13(6-14(10-23)19(26)25-20(24)27)8-16(21)18(17)29-11-12-4-3-5-15(22)7-12/h3-9H,2,11H2,1H3,(H3,24,25,26,27)/b14-6-. The highest BCUT2D eigenvalue weighted by Crippen LogP contribution is 2.38. The van der Waals surface area contributed by atoms with Crippen molar-refractivity contribution in [3.63, 3.8) is 0 Å². The predicted octanol–water partition coefficient (Wildman–Crippen LogP) is 3.67. The predicted molar refractivity (Wildman–Crippen MR) is 107 cm³/mol. The van der Waals surface area contributed by atoms with Gasteiger partial charge in [-0.25, -0.2) is 9.18 Å². The number of halogens is 2. The fraction of sp³-hybridized carbons (Fsp3) is 0.150. The number of rotatable bonds is 7. The number of primary amides is 1. The first-order valence-electron chi connectivity index (χ1n) is 8.40. The number of urea groups is 1. The van der Waals surface area contributed by atoms with Gasteiger partial charge in [0.2, 0.25) is 0 Å². The maximum absolute atomic E-state index is 13.3. The van der Waals surface area contributed by atoms with Crippen molar-refractivity contribution < 1.29 is 23.5 Å². The number of amides is 3. The molecule has 0 saturated carbocycles. The topological polar surface area (TPSA) is 114 Å². The summed E-state index contributed by atoms with van der Waals surface area (Å²) in [5, 5.41) is 11.0. The number of nitrogens with two attached hydrogens (primary N) is 1. The molecule has 2 aromatic carbocycles. The molecule has 0 radical (unpaired) electrons. The van der Waals surface area contributed by atoms with E-state index in [1.165, 1.54) is 18.2 Å². The van der Waals surface area contributed by atoms with Gasteiger partial charge in [-0.1, -0.05) is 12.1 Å². The van der Waals surface area contributed by atoms with Crippen LogP contribution < -0.4 is 20.5 Å². The number of nitriles is 1. The van der Waals surface area contributed by atoms with Crippen LogP contribution in [0.1, 0.15) is 18.1 Å². The fourth-order valence-corrected chi connectivity index (χ4v) is 2.93. The van der Waals surface area contributed by atoms with E-state index in [-0.39, 0.29) is 18.0 Å². The first kappa shape index (κ1) is 21.9. The molecule has 3 N–H and O–H groups in total. The zero-order valence-corrected chi connectivity index (χ0v) is 17.0. The molecule has 0 fully saturated rings. The van der Waals surface area contributed by atoms with Crippen LogP contribution in [-0.2, 0) is 11.4 Å². The van der Waals surface area contributed by atoms with Crippen molar-refractivity contribution in [2.24, 2.45) is 5.73 Å². The van der Waals surface area contributed by atoms with Gasteiger partial charge in [0.1, 0.15) is 24.1 Å². The molecule has 0 aromatic heterocycles. The number of hydrogen-bond donors (Lipinski definition) is 2. The van der Waals surface area contributed by atoms with Crippen molar-refractivity contribution >= 4 is 33.9 Å². The minimum atomic E-state index is -1.06. The van der Waals surface area contributed by atoms with Gasteiger partial charge in [0, 0.05) is 0 Å². The smallest absolute Gasteiger partial charge is 0.319 e.